The number of methoxy groups -OCH3 is 1. The Morgan fingerprint density at radius 1 is 0.618 bits per heavy atom. The quantitative estimate of drug-likeness (QED) is 0.0589. The predicted molar refractivity (Wildman–Crippen MR) is 286 cm³/mol. The number of carbonyl (C=O) groups excluding carboxylic acids is 2. The molecule has 15 heteroatoms. The third-order valence-corrected chi connectivity index (χ3v) is 16.2. The molecule has 0 N–H and O–H groups in total. The summed E-state index contributed by atoms with van der Waals surface area (Å²) in [7, 11) is -6.20. The van der Waals surface area contributed by atoms with Gasteiger partial charge in [-0.1, -0.05) is 91.9 Å². The average molecular weight is 1050 g/mol. The largest absolute Gasteiger partial charge is 0.465 e. The molecule has 0 spiro atoms. The zero-order chi connectivity index (χ0) is 53.7. The summed E-state index contributed by atoms with van der Waals surface area (Å²) in [5.41, 5.74) is 2.04. The van der Waals surface area contributed by atoms with Crippen molar-refractivity contribution in [2.45, 2.75) is 44.8 Å². The minimum atomic E-state index is -3.70. The number of ether oxygens (including phenoxy) is 4. The Labute approximate surface area is 441 Å². The topological polar surface area (TPSA) is 171 Å². The fourth-order valence-corrected chi connectivity index (χ4v) is 10.8. The van der Waals surface area contributed by atoms with Crippen LogP contribution in [0.1, 0.15) is 30.9 Å². The van der Waals surface area contributed by atoms with E-state index in [0.717, 1.165) is 16.7 Å². The van der Waals surface area contributed by atoms with E-state index in [2.05, 4.69) is 9.58 Å². The Balaban J connectivity index is 0.933. The van der Waals surface area contributed by atoms with Gasteiger partial charge in [-0.3, -0.25) is 4.79 Å². The summed E-state index contributed by atoms with van der Waals surface area (Å²) < 4.78 is 75.3. The van der Waals surface area contributed by atoms with Gasteiger partial charge in [0.25, 0.3) is 0 Å². The summed E-state index contributed by atoms with van der Waals surface area (Å²) in [5.74, 6) is 0.796. The molecule has 7 aromatic rings. The highest BCUT2D eigenvalue weighted by Gasteiger charge is 2.31. The van der Waals surface area contributed by atoms with Gasteiger partial charge in [-0.2, -0.15) is 5.26 Å². The van der Waals surface area contributed by atoms with Crippen molar-refractivity contribution in [3.05, 3.63) is 251 Å². The zero-order valence-electron chi connectivity index (χ0n) is 41.3. The fraction of sp³-hybridized carbons (Fsp3) is 0.115. The van der Waals surface area contributed by atoms with Crippen molar-refractivity contribution in [1.29, 1.82) is 5.26 Å². The molecular weight excluding hydrogens is 999 g/mol. The smallest absolute Gasteiger partial charge is 0.349 e. The lowest BCUT2D eigenvalue weighted by Gasteiger charge is -2.31. The van der Waals surface area contributed by atoms with E-state index in [4.69, 9.17) is 20.8 Å². The number of carbonyl (C=O) groups is 2. The molecule has 0 amide bonds. The van der Waals surface area contributed by atoms with Gasteiger partial charge in [-0.05, 0) is 149 Å². The molecule has 0 unspecified atom stereocenters. The molecule has 0 aliphatic carbocycles. The maximum Gasteiger partial charge on any atom is 0.349 e. The Morgan fingerprint density at radius 2 is 1.04 bits per heavy atom. The summed E-state index contributed by atoms with van der Waals surface area (Å²) in [5, 5.41) is 10.4. The molecule has 0 saturated heterocycles. The molecule has 0 radical (unpaired) electrons. The van der Waals surface area contributed by atoms with Crippen LogP contribution in [-0.2, 0) is 44.2 Å². The van der Waals surface area contributed by atoms with E-state index in [1.165, 1.54) is 31.4 Å². The lowest BCUT2D eigenvalue weighted by Crippen LogP contribution is -2.26. The van der Waals surface area contributed by atoms with Gasteiger partial charge in [-0.25, -0.2) is 26.5 Å². The number of allylic oxidation sites excluding steroid dienone is 3. The van der Waals surface area contributed by atoms with Gasteiger partial charge in [0.15, 0.2) is 5.70 Å². The minimum absolute atomic E-state index is 0.0802. The molecular formula is C61H49N3O10S2. The molecule has 0 fully saturated rings. The molecule has 1 aliphatic rings. The molecule has 8 rings (SSSR count). The van der Waals surface area contributed by atoms with E-state index in [0.29, 0.717) is 52.1 Å². The number of sulfone groups is 2. The second-order valence-corrected chi connectivity index (χ2v) is 21.3. The summed E-state index contributed by atoms with van der Waals surface area (Å²) in [6.45, 7) is 10.3. The number of benzene rings is 7. The minimum Gasteiger partial charge on any atom is -0.465 e. The normalized spacial score (nSPS) is 12.2. The third-order valence-electron chi connectivity index (χ3n) is 12.6. The Hall–Kier alpha value is -9.28. The van der Waals surface area contributed by atoms with Crippen molar-refractivity contribution >= 4 is 42.9 Å². The van der Waals surface area contributed by atoms with Crippen molar-refractivity contribution in [2.75, 3.05) is 20.3 Å². The van der Waals surface area contributed by atoms with Crippen molar-refractivity contribution in [3.8, 4) is 29.1 Å². The number of hydrogen-bond donors (Lipinski definition) is 0. The van der Waals surface area contributed by atoms with E-state index < -0.39 is 31.1 Å². The maximum atomic E-state index is 13.4. The number of nitrogens with zero attached hydrogens (tertiary/aromatic N) is 3. The molecule has 0 saturated carbocycles. The van der Waals surface area contributed by atoms with E-state index in [-0.39, 0.29) is 44.2 Å². The van der Waals surface area contributed by atoms with Crippen LogP contribution in [-0.4, -0.2) is 53.9 Å². The van der Waals surface area contributed by atoms with Crippen LogP contribution >= 0.6 is 0 Å². The first-order chi connectivity index (χ1) is 36.7. The second kappa shape index (κ2) is 23.7. The first-order valence-electron chi connectivity index (χ1n) is 23.8. The van der Waals surface area contributed by atoms with Crippen LogP contribution in [0.25, 0.3) is 16.1 Å². The Bertz CT molecular complexity index is 3590. The van der Waals surface area contributed by atoms with Crippen molar-refractivity contribution in [1.82, 2.24) is 4.90 Å². The van der Waals surface area contributed by atoms with Gasteiger partial charge < -0.3 is 23.8 Å². The van der Waals surface area contributed by atoms with Gasteiger partial charge in [0.05, 0.1) is 39.8 Å². The number of rotatable bonds is 18. The Kier molecular flexibility index (Phi) is 16.6. The number of nitriles is 1. The van der Waals surface area contributed by atoms with Gasteiger partial charge in [0, 0.05) is 24.2 Å². The van der Waals surface area contributed by atoms with Crippen LogP contribution in [0.15, 0.2) is 238 Å². The average Bonchev–Trinajstić information content (AvgIpc) is 3.45. The standard InChI is InChI=1S/C61H49N3O10S2/c1-61(47-18-22-49(23-19-47)73-51-26-30-55(31-27-51)75(67,68)53-10-6-4-7-11-53,48-20-24-50(25-21-48)74-52-28-32-56(33-29-52)76(69,70)54-12-8-5-9-13-54)37-34-59(65)72-41-40-64-38-35-44(36-39-64)42-58(63-2)46-16-14-45(15-17-46)57(43-62)60(66)71-3/h4-33,35-36,38-39,42H,34,37,40-41H2,1,3H3. The highest BCUT2D eigenvalue weighted by molar-refractivity contribution is 7.91. The molecule has 1 aliphatic heterocycles. The van der Waals surface area contributed by atoms with Crippen LogP contribution in [0.2, 0.25) is 0 Å². The van der Waals surface area contributed by atoms with Gasteiger partial charge in [0.2, 0.25) is 19.7 Å². The summed E-state index contributed by atoms with van der Waals surface area (Å²) in [6, 6.07) is 52.2. The number of hydrogen-bond acceptors (Lipinski definition) is 12. The summed E-state index contributed by atoms with van der Waals surface area (Å²) >= 11 is 0. The molecule has 380 valence electrons. The van der Waals surface area contributed by atoms with E-state index >= 15 is 0 Å². The highest BCUT2D eigenvalue weighted by Crippen LogP contribution is 2.39. The van der Waals surface area contributed by atoms with Crippen LogP contribution in [0.5, 0.6) is 23.0 Å². The summed E-state index contributed by atoms with van der Waals surface area (Å²) in [6.07, 6.45) is 9.49. The van der Waals surface area contributed by atoms with Gasteiger partial charge in [0.1, 0.15) is 41.2 Å². The zero-order valence-corrected chi connectivity index (χ0v) is 42.9. The molecule has 1 heterocycles. The molecule has 0 bridgehead atoms. The molecule has 76 heavy (non-hydrogen) atoms. The molecule has 13 nitrogen and oxygen atoms in total. The van der Waals surface area contributed by atoms with E-state index in [1.807, 2.05) is 91.0 Å². The highest BCUT2D eigenvalue weighted by atomic mass is 32.2. The molecule has 7 aromatic carbocycles. The fourth-order valence-electron chi connectivity index (χ4n) is 8.23. The third kappa shape index (κ3) is 12.5. The Morgan fingerprint density at radius 3 is 1.46 bits per heavy atom. The SMILES string of the molecule is [C-]#[N+]C(C=C1C=CN(CCOC(=O)CCC(C)(c2ccc(Oc3ccc(S(=O)(=O)c4ccccc4)cc3)cc2)c2ccc(Oc3ccc(S(=O)(=O)c4ccccc4)cc3)cc2)C=C1)=c1ccc(=C(C#N)C(=O)OC)cc1. The predicted octanol–water partition coefficient (Wildman–Crippen LogP) is 10.4. The maximum absolute atomic E-state index is 13.4. The van der Waals surface area contributed by atoms with Crippen LogP contribution < -0.4 is 19.9 Å². The number of esters is 2. The second-order valence-electron chi connectivity index (χ2n) is 17.4. The lowest BCUT2D eigenvalue weighted by atomic mass is 9.73. The van der Waals surface area contributed by atoms with Crippen molar-refractivity contribution in [2.24, 2.45) is 0 Å². The van der Waals surface area contributed by atoms with Crippen LogP contribution in [0.3, 0.4) is 0 Å². The molecule has 0 atom stereocenters. The monoisotopic (exact) mass is 1050 g/mol. The van der Waals surface area contributed by atoms with Crippen molar-refractivity contribution in [3.63, 3.8) is 0 Å². The van der Waals surface area contributed by atoms with Gasteiger partial charge in [-0.15, -0.1) is 0 Å². The lowest BCUT2D eigenvalue weighted by molar-refractivity contribution is -0.144. The van der Waals surface area contributed by atoms with Crippen LogP contribution in [0.4, 0.5) is 0 Å². The van der Waals surface area contributed by atoms with Crippen molar-refractivity contribution < 1.29 is 45.4 Å². The summed E-state index contributed by atoms with van der Waals surface area (Å²) in [4.78, 5) is 31.6. The van der Waals surface area contributed by atoms with Crippen LogP contribution in [0, 0.1) is 17.9 Å². The first-order valence-corrected chi connectivity index (χ1v) is 26.7. The van der Waals surface area contributed by atoms with Gasteiger partial charge >= 0.3 is 11.9 Å². The molecule has 0 aromatic heterocycles. The van der Waals surface area contributed by atoms with E-state index in [1.54, 1.807) is 115 Å². The van der Waals surface area contributed by atoms with E-state index in [9.17, 15) is 31.7 Å². The first kappa shape index (κ1) is 53.0.